The molecule has 1 N–H and O–H groups in total. The van der Waals surface area contributed by atoms with Gasteiger partial charge in [0.1, 0.15) is 6.61 Å². The summed E-state index contributed by atoms with van der Waals surface area (Å²) in [6.45, 7) is 2.03. The Morgan fingerprint density at radius 2 is 2.29 bits per heavy atom. The van der Waals surface area contributed by atoms with Crippen LogP contribution in [0.1, 0.15) is 19.3 Å². The first-order valence-corrected chi connectivity index (χ1v) is 4.77. The smallest absolute Gasteiger partial charge is 0.303 e. The van der Waals surface area contributed by atoms with Gasteiger partial charge >= 0.3 is 5.97 Å². The molecule has 0 aromatic heterocycles. The summed E-state index contributed by atoms with van der Waals surface area (Å²) in [5.41, 5.74) is 0. The molecule has 80 valence electrons. The minimum atomic E-state index is -0.779. The molecule has 0 unspecified atom stereocenters. The van der Waals surface area contributed by atoms with E-state index < -0.39 is 5.97 Å². The molecule has 1 amide bonds. The van der Waals surface area contributed by atoms with Crippen LogP contribution in [0.3, 0.4) is 0 Å². The van der Waals surface area contributed by atoms with Gasteiger partial charge in [0, 0.05) is 19.5 Å². The van der Waals surface area contributed by atoms with Crippen molar-refractivity contribution in [2.24, 2.45) is 0 Å². The van der Waals surface area contributed by atoms with Gasteiger partial charge in [0.2, 0.25) is 5.91 Å². The third-order valence-electron chi connectivity index (χ3n) is 2.15. The highest BCUT2D eigenvalue weighted by Crippen LogP contribution is 2.03. The van der Waals surface area contributed by atoms with Crippen LogP contribution in [0.5, 0.6) is 0 Å². The van der Waals surface area contributed by atoms with E-state index in [0.717, 1.165) is 6.42 Å². The molecule has 5 nitrogen and oxygen atoms in total. The van der Waals surface area contributed by atoms with Crippen LogP contribution < -0.4 is 0 Å². The lowest BCUT2D eigenvalue weighted by Gasteiger charge is -2.26. The maximum atomic E-state index is 11.2. The first-order valence-electron chi connectivity index (χ1n) is 4.77. The number of carbonyl (C=O) groups excluding carboxylic acids is 1. The Balaban J connectivity index is 2.10. The monoisotopic (exact) mass is 201 g/mol. The predicted octanol–water partition coefficient (Wildman–Crippen LogP) is 0.100. The van der Waals surface area contributed by atoms with Gasteiger partial charge in [-0.3, -0.25) is 9.59 Å². The minimum absolute atomic E-state index is 0.00609. The van der Waals surface area contributed by atoms with Gasteiger partial charge in [-0.1, -0.05) is 0 Å². The van der Waals surface area contributed by atoms with Crippen molar-refractivity contribution in [3.63, 3.8) is 0 Å². The van der Waals surface area contributed by atoms with Gasteiger partial charge in [-0.25, -0.2) is 0 Å². The van der Waals surface area contributed by atoms with E-state index in [2.05, 4.69) is 0 Å². The van der Waals surface area contributed by atoms with Gasteiger partial charge in [0.05, 0.1) is 6.61 Å². The van der Waals surface area contributed by atoms with Crippen LogP contribution in [0.4, 0.5) is 0 Å². The highest BCUT2D eigenvalue weighted by atomic mass is 16.5. The van der Waals surface area contributed by atoms with Crippen molar-refractivity contribution in [3.05, 3.63) is 0 Å². The lowest BCUT2D eigenvalue weighted by molar-refractivity contribution is -0.142. The Morgan fingerprint density at radius 3 is 2.93 bits per heavy atom. The lowest BCUT2D eigenvalue weighted by atomic mass is 10.2. The fourth-order valence-electron chi connectivity index (χ4n) is 1.37. The summed E-state index contributed by atoms with van der Waals surface area (Å²) in [6, 6.07) is 0. The molecule has 0 saturated carbocycles. The van der Waals surface area contributed by atoms with Crippen molar-refractivity contribution in [2.75, 3.05) is 26.3 Å². The molecule has 0 spiro atoms. The molecule has 1 saturated heterocycles. The highest BCUT2D eigenvalue weighted by Gasteiger charge is 2.17. The molecule has 0 radical (unpaired) electrons. The van der Waals surface area contributed by atoms with Crippen LogP contribution in [0.25, 0.3) is 0 Å². The largest absolute Gasteiger partial charge is 0.481 e. The van der Waals surface area contributed by atoms with Crippen LogP contribution in [0, 0.1) is 0 Å². The van der Waals surface area contributed by atoms with E-state index in [4.69, 9.17) is 9.84 Å². The number of carbonyl (C=O) groups is 2. The predicted molar refractivity (Wildman–Crippen MR) is 48.9 cm³/mol. The van der Waals surface area contributed by atoms with E-state index >= 15 is 0 Å². The molecule has 0 bridgehead atoms. The number of nitrogens with zero attached hydrogens (tertiary/aromatic N) is 1. The van der Waals surface area contributed by atoms with Gasteiger partial charge in [-0.15, -0.1) is 0 Å². The van der Waals surface area contributed by atoms with E-state index in [1.54, 1.807) is 4.90 Å². The second kappa shape index (κ2) is 5.59. The van der Waals surface area contributed by atoms with Crippen molar-refractivity contribution in [2.45, 2.75) is 19.3 Å². The lowest BCUT2D eigenvalue weighted by Crippen LogP contribution is -2.42. The maximum absolute atomic E-state index is 11.2. The van der Waals surface area contributed by atoms with Gasteiger partial charge in [-0.2, -0.15) is 0 Å². The number of morpholine rings is 1. The molecule has 0 aliphatic carbocycles. The molecule has 0 aromatic carbocycles. The maximum Gasteiger partial charge on any atom is 0.303 e. The van der Waals surface area contributed by atoms with Crippen LogP contribution in [0.2, 0.25) is 0 Å². The van der Waals surface area contributed by atoms with Gasteiger partial charge in [0.15, 0.2) is 0 Å². The first-order chi connectivity index (χ1) is 6.70. The zero-order valence-corrected chi connectivity index (χ0v) is 8.07. The molecule has 14 heavy (non-hydrogen) atoms. The van der Waals surface area contributed by atoms with E-state index in [1.165, 1.54) is 0 Å². The number of rotatable bonds is 5. The summed E-state index contributed by atoms with van der Waals surface area (Å²) >= 11 is 0. The van der Waals surface area contributed by atoms with E-state index in [1.807, 2.05) is 0 Å². The molecule has 5 heteroatoms. The van der Waals surface area contributed by atoms with Crippen LogP contribution in [0.15, 0.2) is 0 Å². The van der Waals surface area contributed by atoms with Crippen molar-refractivity contribution >= 4 is 11.9 Å². The van der Waals surface area contributed by atoms with E-state index in [0.29, 0.717) is 26.1 Å². The molecule has 0 aromatic rings. The third-order valence-corrected chi connectivity index (χ3v) is 2.15. The zero-order chi connectivity index (χ0) is 10.4. The summed E-state index contributed by atoms with van der Waals surface area (Å²) in [6.07, 6.45) is 1.55. The topological polar surface area (TPSA) is 66.8 Å². The molecule has 0 atom stereocenters. The van der Waals surface area contributed by atoms with Crippen molar-refractivity contribution < 1.29 is 19.4 Å². The van der Waals surface area contributed by atoms with Crippen molar-refractivity contribution in [1.82, 2.24) is 4.90 Å². The third kappa shape index (κ3) is 3.74. The molecular formula is C9H15NO4. The fraction of sp³-hybridized carbons (Fsp3) is 0.778. The van der Waals surface area contributed by atoms with E-state index in [9.17, 15) is 9.59 Å². The number of aliphatic carboxylic acids is 1. The Kier molecular flexibility index (Phi) is 4.39. The van der Waals surface area contributed by atoms with Crippen molar-refractivity contribution in [1.29, 1.82) is 0 Å². The number of hydrogen-bond acceptors (Lipinski definition) is 3. The Hall–Kier alpha value is -1.10. The van der Waals surface area contributed by atoms with Crippen LogP contribution in [-0.2, 0) is 14.3 Å². The Labute approximate surface area is 82.6 Å². The number of hydrogen-bond donors (Lipinski definition) is 1. The minimum Gasteiger partial charge on any atom is -0.481 e. The molecular weight excluding hydrogens is 186 g/mol. The second-order valence-corrected chi connectivity index (χ2v) is 3.28. The molecule has 1 heterocycles. The normalized spacial score (nSPS) is 17.1. The zero-order valence-electron chi connectivity index (χ0n) is 8.07. The standard InChI is InChI=1S/C9H15NO4/c11-8-7-14-6-5-10(8)4-2-1-3-9(12)13/h1-7H2,(H,12,13). The average Bonchev–Trinajstić information content (AvgIpc) is 2.15. The number of amides is 1. The summed E-state index contributed by atoms with van der Waals surface area (Å²) in [5.74, 6) is -0.773. The summed E-state index contributed by atoms with van der Waals surface area (Å²) < 4.78 is 4.97. The highest BCUT2D eigenvalue weighted by molar-refractivity contribution is 5.77. The first kappa shape index (κ1) is 11.0. The SMILES string of the molecule is O=C(O)CCCCN1CCOCC1=O. The number of carboxylic acids is 1. The van der Waals surface area contributed by atoms with Gasteiger partial charge in [-0.05, 0) is 12.8 Å². The second-order valence-electron chi connectivity index (χ2n) is 3.28. The molecule has 1 aliphatic rings. The van der Waals surface area contributed by atoms with Crippen LogP contribution in [-0.4, -0.2) is 48.2 Å². The van der Waals surface area contributed by atoms with Crippen molar-refractivity contribution in [3.8, 4) is 0 Å². The van der Waals surface area contributed by atoms with E-state index in [-0.39, 0.29) is 18.9 Å². The van der Waals surface area contributed by atoms with Gasteiger partial charge < -0.3 is 14.7 Å². The quantitative estimate of drug-likeness (QED) is 0.641. The number of ether oxygens (including phenoxy) is 1. The average molecular weight is 201 g/mol. The molecule has 1 rings (SSSR count). The fourth-order valence-corrected chi connectivity index (χ4v) is 1.37. The van der Waals surface area contributed by atoms with Crippen LogP contribution >= 0.6 is 0 Å². The number of unbranched alkanes of at least 4 members (excludes halogenated alkanes) is 1. The molecule has 1 fully saturated rings. The molecule has 1 aliphatic heterocycles. The number of carboxylic acid groups (broad SMARTS) is 1. The summed E-state index contributed by atoms with van der Waals surface area (Å²) in [7, 11) is 0. The summed E-state index contributed by atoms with van der Waals surface area (Å²) in [4.78, 5) is 23.1. The van der Waals surface area contributed by atoms with Gasteiger partial charge in [0.25, 0.3) is 0 Å². The Bertz CT molecular complexity index is 217. The Morgan fingerprint density at radius 1 is 1.50 bits per heavy atom. The summed E-state index contributed by atoms with van der Waals surface area (Å²) in [5, 5.41) is 8.40.